The lowest BCUT2D eigenvalue weighted by molar-refractivity contribution is -0.132. The molecule has 0 bridgehead atoms. The van der Waals surface area contributed by atoms with Gasteiger partial charge in [0.25, 0.3) is 5.56 Å². The molecule has 0 N–H and O–H groups in total. The molecule has 0 saturated heterocycles. The Labute approximate surface area is 150 Å². The molecule has 2 aromatic carbocycles. The fourth-order valence-electron chi connectivity index (χ4n) is 2.67. The molecule has 3 rings (SSSR count). The molecule has 0 aliphatic carbocycles. The lowest BCUT2D eigenvalue weighted by atomic mass is 10.2. The summed E-state index contributed by atoms with van der Waals surface area (Å²) in [6, 6.07) is 14.7. The second kappa shape index (κ2) is 7.49. The number of hydrogen-bond donors (Lipinski definition) is 0. The summed E-state index contributed by atoms with van der Waals surface area (Å²) < 4.78 is 1.33. The standard InChI is InChI=1S/C19H18ClN3O2/c1-2-22(11-14-6-4-3-5-7-14)18(24)12-23-13-21-17-9-8-15(20)10-16(17)19(23)25/h3-10,13H,2,11-12H2,1H3. The van der Waals surface area contributed by atoms with Crippen LogP contribution in [0.3, 0.4) is 0 Å². The Hall–Kier alpha value is -2.66. The second-order valence-electron chi connectivity index (χ2n) is 5.73. The van der Waals surface area contributed by atoms with Crippen LogP contribution in [0, 0.1) is 0 Å². The van der Waals surface area contributed by atoms with E-state index >= 15 is 0 Å². The maximum absolute atomic E-state index is 12.6. The summed E-state index contributed by atoms with van der Waals surface area (Å²) in [7, 11) is 0. The van der Waals surface area contributed by atoms with Crippen LogP contribution in [0.2, 0.25) is 5.02 Å². The highest BCUT2D eigenvalue weighted by atomic mass is 35.5. The summed E-state index contributed by atoms with van der Waals surface area (Å²) in [6.07, 6.45) is 1.41. The first-order valence-corrected chi connectivity index (χ1v) is 8.42. The van der Waals surface area contributed by atoms with Crippen LogP contribution < -0.4 is 5.56 Å². The van der Waals surface area contributed by atoms with Gasteiger partial charge in [-0.2, -0.15) is 0 Å². The summed E-state index contributed by atoms with van der Waals surface area (Å²) in [6.45, 7) is 2.95. The van der Waals surface area contributed by atoms with Gasteiger partial charge in [-0.25, -0.2) is 4.98 Å². The average molecular weight is 356 g/mol. The van der Waals surface area contributed by atoms with E-state index in [1.807, 2.05) is 37.3 Å². The number of fused-ring (bicyclic) bond motifs is 1. The van der Waals surface area contributed by atoms with Gasteiger partial charge in [-0.1, -0.05) is 41.9 Å². The number of carbonyl (C=O) groups excluding carboxylic acids is 1. The SMILES string of the molecule is CCN(Cc1ccccc1)C(=O)Cn1cnc2ccc(Cl)cc2c1=O. The molecule has 6 heteroatoms. The molecule has 0 fully saturated rings. The predicted molar refractivity (Wildman–Crippen MR) is 98.5 cm³/mol. The van der Waals surface area contributed by atoms with Gasteiger partial charge in [-0.05, 0) is 30.7 Å². The van der Waals surface area contributed by atoms with Crippen molar-refractivity contribution in [3.8, 4) is 0 Å². The second-order valence-corrected chi connectivity index (χ2v) is 6.17. The van der Waals surface area contributed by atoms with Crippen molar-refractivity contribution in [1.29, 1.82) is 0 Å². The number of aromatic nitrogens is 2. The van der Waals surface area contributed by atoms with Crippen LogP contribution in [0.5, 0.6) is 0 Å². The molecule has 0 atom stereocenters. The van der Waals surface area contributed by atoms with Crippen molar-refractivity contribution in [3.05, 3.63) is 75.8 Å². The average Bonchev–Trinajstić information content (AvgIpc) is 2.63. The van der Waals surface area contributed by atoms with Crippen LogP contribution in [0.4, 0.5) is 0 Å². The van der Waals surface area contributed by atoms with Gasteiger partial charge in [-0.3, -0.25) is 14.2 Å². The van der Waals surface area contributed by atoms with Crippen LogP contribution >= 0.6 is 11.6 Å². The highest BCUT2D eigenvalue weighted by molar-refractivity contribution is 6.31. The summed E-state index contributed by atoms with van der Waals surface area (Å²) in [5.74, 6) is -0.128. The van der Waals surface area contributed by atoms with Gasteiger partial charge in [0.1, 0.15) is 6.54 Å². The fraction of sp³-hybridized carbons (Fsp3) is 0.211. The van der Waals surface area contributed by atoms with Crippen molar-refractivity contribution in [2.45, 2.75) is 20.0 Å². The van der Waals surface area contributed by atoms with E-state index in [0.717, 1.165) is 5.56 Å². The molecular weight excluding hydrogens is 338 g/mol. The van der Waals surface area contributed by atoms with E-state index in [-0.39, 0.29) is 18.0 Å². The molecule has 25 heavy (non-hydrogen) atoms. The summed E-state index contributed by atoms with van der Waals surface area (Å²) in [5, 5.41) is 0.878. The molecule has 0 aliphatic heterocycles. The van der Waals surface area contributed by atoms with Gasteiger partial charge >= 0.3 is 0 Å². The number of halogens is 1. The van der Waals surface area contributed by atoms with Crippen molar-refractivity contribution < 1.29 is 4.79 Å². The predicted octanol–water partition coefficient (Wildman–Crippen LogP) is 3.10. The molecule has 1 amide bonds. The zero-order valence-electron chi connectivity index (χ0n) is 13.9. The smallest absolute Gasteiger partial charge is 0.261 e. The van der Waals surface area contributed by atoms with E-state index in [4.69, 9.17) is 11.6 Å². The maximum Gasteiger partial charge on any atom is 0.261 e. The lowest BCUT2D eigenvalue weighted by Crippen LogP contribution is -2.36. The minimum atomic E-state index is -0.267. The highest BCUT2D eigenvalue weighted by Gasteiger charge is 2.14. The van der Waals surface area contributed by atoms with E-state index in [9.17, 15) is 9.59 Å². The van der Waals surface area contributed by atoms with E-state index in [0.29, 0.717) is 29.0 Å². The van der Waals surface area contributed by atoms with Crippen molar-refractivity contribution in [2.75, 3.05) is 6.54 Å². The quantitative estimate of drug-likeness (QED) is 0.706. The lowest BCUT2D eigenvalue weighted by Gasteiger charge is -2.21. The maximum atomic E-state index is 12.6. The van der Waals surface area contributed by atoms with Crippen molar-refractivity contribution in [1.82, 2.24) is 14.5 Å². The van der Waals surface area contributed by atoms with Gasteiger partial charge < -0.3 is 4.90 Å². The largest absolute Gasteiger partial charge is 0.337 e. The number of hydrogen-bond acceptors (Lipinski definition) is 3. The first-order valence-electron chi connectivity index (χ1n) is 8.05. The fourth-order valence-corrected chi connectivity index (χ4v) is 2.84. The minimum absolute atomic E-state index is 0.0467. The van der Waals surface area contributed by atoms with Crippen LogP contribution in [0.1, 0.15) is 12.5 Å². The molecule has 1 heterocycles. The number of rotatable bonds is 5. The van der Waals surface area contributed by atoms with Crippen molar-refractivity contribution in [2.24, 2.45) is 0 Å². The van der Waals surface area contributed by atoms with Gasteiger partial charge in [0.05, 0.1) is 17.2 Å². The zero-order chi connectivity index (χ0) is 17.8. The molecule has 0 unspecified atom stereocenters. The van der Waals surface area contributed by atoms with Crippen LogP contribution in [0.15, 0.2) is 59.7 Å². The first kappa shape index (κ1) is 17.2. The van der Waals surface area contributed by atoms with E-state index in [1.165, 1.54) is 10.9 Å². The summed E-state index contributed by atoms with van der Waals surface area (Å²) in [5.41, 5.74) is 1.35. The van der Waals surface area contributed by atoms with Gasteiger partial charge in [0.15, 0.2) is 0 Å². The van der Waals surface area contributed by atoms with Gasteiger partial charge in [0, 0.05) is 18.1 Å². The van der Waals surface area contributed by atoms with Gasteiger partial charge in [0.2, 0.25) is 5.91 Å². The van der Waals surface area contributed by atoms with E-state index < -0.39 is 0 Å². The number of nitrogens with zero attached hydrogens (tertiary/aromatic N) is 3. The first-order chi connectivity index (χ1) is 12.1. The summed E-state index contributed by atoms with van der Waals surface area (Å²) >= 11 is 5.96. The molecular formula is C19H18ClN3O2. The van der Waals surface area contributed by atoms with Crippen LogP contribution in [-0.2, 0) is 17.9 Å². The highest BCUT2D eigenvalue weighted by Crippen LogP contribution is 2.14. The number of carbonyl (C=O) groups is 1. The molecule has 1 aromatic heterocycles. The van der Waals surface area contributed by atoms with Crippen LogP contribution in [0.25, 0.3) is 10.9 Å². The third-order valence-electron chi connectivity index (χ3n) is 4.04. The number of likely N-dealkylation sites (N-methyl/N-ethyl adjacent to an activating group) is 1. The molecule has 0 aliphatic rings. The van der Waals surface area contributed by atoms with Crippen molar-refractivity contribution >= 4 is 28.4 Å². The topological polar surface area (TPSA) is 55.2 Å². The molecule has 5 nitrogen and oxygen atoms in total. The Bertz CT molecular complexity index is 954. The minimum Gasteiger partial charge on any atom is -0.337 e. The Morgan fingerprint density at radius 2 is 1.96 bits per heavy atom. The Balaban J connectivity index is 1.83. The van der Waals surface area contributed by atoms with Crippen LogP contribution in [-0.4, -0.2) is 26.9 Å². The monoisotopic (exact) mass is 355 g/mol. The van der Waals surface area contributed by atoms with E-state index in [2.05, 4.69) is 4.98 Å². The molecule has 0 spiro atoms. The van der Waals surface area contributed by atoms with Crippen molar-refractivity contribution in [3.63, 3.8) is 0 Å². The molecule has 0 saturated carbocycles. The Morgan fingerprint density at radius 1 is 1.20 bits per heavy atom. The molecule has 3 aromatic rings. The Morgan fingerprint density at radius 3 is 2.68 bits per heavy atom. The Kier molecular flexibility index (Phi) is 5.14. The third-order valence-corrected chi connectivity index (χ3v) is 4.28. The number of benzene rings is 2. The summed E-state index contributed by atoms with van der Waals surface area (Å²) in [4.78, 5) is 31.1. The van der Waals surface area contributed by atoms with Gasteiger partial charge in [-0.15, -0.1) is 0 Å². The zero-order valence-corrected chi connectivity index (χ0v) is 14.6. The third kappa shape index (κ3) is 3.88. The molecule has 0 radical (unpaired) electrons. The normalized spacial score (nSPS) is 10.8. The van der Waals surface area contributed by atoms with E-state index in [1.54, 1.807) is 23.1 Å². The molecule has 128 valence electrons. The number of amides is 1.